The second-order valence-corrected chi connectivity index (χ2v) is 5.75. The van der Waals surface area contributed by atoms with E-state index in [2.05, 4.69) is 64.0 Å². The highest BCUT2D eigenvalue weighted by Crippen LogP contribution is 2.20. The summed E-state index contributed by atoms with van der Waals surface area (Å²) < 4.78 is 0. The van der Waals surface area contributed by atoms with E-state index in [0.717, 1.165) is 25.9 Å². The van der Waals surface area contributed by atoms with E-state index in [9.17, 15) is 0 Å². The summed E-state index contributed by atoms with van der Waals surface area (Å²) in [6, 6.07) is 4.58. The summed E-state index contributed by atoms with van der Waals surface area (Å²) in [6.07, 6.45) is 2.31. The first-order valence-electron chi connectivity index (χ1n) is 6.79. The van der Waals surface area contributed by atoms with Crippen LogP contribution in [-0.4, -0.2) is 51.1 Å². The van der Waals surface area contributed by atoms with Gasteiger partial charge in [0.2, 0.25) is 0 Å². The monoisotopic (exact) mass is 248 g/mol. The molecule has 1 aromatic rings. The van der Waals surface area contributed by atoms with Crippen molar-refractivity contribution in [1.82, 2.24) is 9.80 Å². The molecule has 0 fully saturated rings. The highest BCUT2D eigenvalue weighted by atomic mass is 15.1. The lowest BCUT2D eigenvalue weighted by molar-refractivity contribution is 0.406. The first-order chi connectivity index (χ1) is 8.41. The molecule has 0 atom stereocenters. The number of nitrogens with zero attached hydrogens (tertiary/aromatic N) is 2. The summed E-state index contributed by atoms with van der Waals surface area (Å²) >= 11 is 0. The van der Waals surface area contributed by atoms with Crippen molar-refractivity contribution >= 4 is 0 Å². The lowest BCUT2D eigenvalue weighted by atomic mass is 9.93. The molecule has 0 amide bonds. The molecule has 18 heavy (non-hydrogen) atoms. The van der Waals surface area contributed by atoms with Crippen LogP contribution >= 0.6 is 0 Å². The van der Waals surface area contributed by atoms with Gasteiger partial charge < -0.3 is 9.80 Å². The summed E-state index contributed by atoms with van der Waals surface area (Å²) in [7, 11) is 8.57. The minimum Gasteiger partial charge on any atom is -0.309 e. The van der Waals surface area contributed by atoms with Crippen LogP contribution in [0.25, 0.3) is 0 Å². The van der Waals surface area contributed by atoms with Crippen LogP contribution in [0.15, 0.2) is 12.1 Å². The Morgan fingerprint density at radius 2 is 1.39 bits per heavy atom. The molecule has 2 heteroatoms. The van der Waals surface area contributed by atoms with E-state index in [4.69, 9.17) is 0 Å². The van der Waals surface area contributed by atoms with E-state index >= 15 is 0 Å². The quantitative estimate of drug-likeness (QED) is 0.763. The van der Waals surface area contributed by atoms with Crippen LogP contribution in [0.5, 0.6) is 0 Å². The van der Waals surface area contributed by atoms with Gasteiger partial charge in [-0.15, -0.1) is 0 Å². The van der Waals surface area contributed by atoms with Gasteiger partial charge in [-0.05, 0) is 77.1 Å². The largest absolute Gasteiger partial charge is 0.309 e. The maximum Gasteiger partial charge on any atom is 0.00159 e. The van der Waals surface area contributed by atoms with E-state index < -0.39 is 0 Å². The van der Waals surface area contributed by atoms with Gasteiger partial charge in [-0.25, -0.2) is 0 Å². The summed E-state index contributed by atoms with van der Waals surface area (Å²) in [5, 5.41) is 0. The molecule has 2 nitrogen and oxygen atoms in total. The fraction of sp³-hybridized carbons (Fsp3) is 0.625. The summed E-state index contributed by atoms with van der Waals surface area (Å²) in [6.45, 7) is 6.72. The first kappa shape index (κ1) is 15.2. The van der Waals surface area contributed by atoms with Crippen LogP contribution in [0.1, 0.15) is 22.3 Å². The Hall–Kier alpha value is -0.860. The maximum absolute atomic E-state index is 2.32. The first-order valence-corrected chi connectivity index (χ1v) is 6.79. The molecule has 0 aliphatic carbocycles. The van der Waals surface area contributed by atoms with E-state index in [1.54, 1.807) is 5.56 Å². The van der Waals surface area contributed by atoms with Crippen molar-refractivity contribution in [2.75, 3.05) is 41.3 Å². The normalized spacial score (nSPS) is 11.6. The number of benzene rings is 1. The Labute approximate surface area is 113 Å². The molecular weight excluding hydrogens is 220 g/mol. The SMILES string of the molecule is Cc1ccc(CCN(C)C)c(CCN(C)C)c1C. The molecule has 0 bridgehead atoms. The molecule has 0 heterocycles. The average molecular weight is 248 g/mol. The Kier molecular flexibility index (Phi) is 5.83. The molecule has 0 aliphatic rings. The number of hydrogen-bond acceptors (Lipinski definition) is 2. The van der Waals surface area contributed by atoms with Crippen molar-refractivity contribution in [1.29, 1.82) is 0 Å². The minimum absolute atomic E-state index is 1.12. The van der Waals surface area contributed by atoms with Crippen molar-refractivity contribution < 1.29 is 0 Å². The van der Waals surface area contributed by atoms with E-state index in [1.807, 2.05) is 0 Å². The average Bonchev–Trinajstić information content (AvgIpc) is 2.29. The molecule has 0 aromatic heterocycles. The zero-order valence-electron chi connectivity index (χ0n) is 12.9. The van der Waals surface area contributed by atoms with Crippen molar-refractivity contribution in [3.8, 4) is 0 Å². The van der Waals surface area contributed by atoms with Gasteiger partial charge >= 0.3 is 0 Å². The topological polar surface area (TPSA) is 6.48 Å². The molecule has 0 radical (unpaired) electrons. The molecular formula is C16H28N2. The third-order valence-corrected chi connectivity index (χ3v) is 3.60. The van der Waals surface area contributed by atoms with Crippen molar-refractivity contribution in [3.63, 3.8) is 0 Å². The predicted molar refractivity (Wildman–Crippen MR) is 80.4 cm³/mol. The molecule has 0 saturated heterocycles. The van der Waals surface area contributed by atoms with E-state index in [0.29, 0.717) is 0 Å². The van der Waals surface area contributed by atoms with Crippen LogP contribution in [-0.2, 0) is 12.8 Å². The van der Waals surface area contributed by atoms with Gasteiger partial charge in [-0.2, -0.15) is 0 Å². The highest BCUT2D eigenvalue weighted by molar-refractivity contribution is 5.40. The second-order valence-electron chi connectivity index (χ2n) is 5.75. The van der Waals surface area contributed by atoms with Crippen molar-refractivity contribution in [3.05, 3.63) is 34.4 Å². The number of aryl methyl sites for hydroxylation is 1. The van der Waals surface area contributed by atoms with Crippen LogP contribution in [0.4, 0.5) is 0 Å². The number of hydrogen-bond donors (Lipinski definition) is 0. The molecule has 1 rings (SSSR count). The summed E-state index contributed by atoms with van der Waals surface area (Å²) in [5.41, 5.74) is 5.98. The summed E-state index contributed by atoms with van der Waals surface area (Å²) in [4.78, 5) is 4.52. The lowest BCUT2D eigenvalue weighted by Gasteiger charge is -2.18. The molecule has 0 unspecified atom stereocenters. The van der Waals surface area contributed by atoms with Gasteiger partial charge in [0, 0.05) is 13.1 Å². The summed E-state index contributed by atoms with van der Waals surface area (Å²) in [5.74, 6) is 0. The lowest BCUT2D eigenvalue weighted by Crippen LogP contribution is -2.19. The van der Waals surface area contributed by atoms with Gasteiger partial charge in [0.25, 0.3) is 0 Å². The molecule has 102 valence electrons. The third-order valence-electron chi connectivity index (χ3n) is 3.60. The second kappa shape index (κ2) is 6.91. The zero-order chi connectivity index (χ0) is 13.7. The smallest absolute Gasteiger partial charge is 0.00159 e. The Balaban J connectivity index is 2.90. The predicted octanol–water partition coefficient (Wildman–Crippen LogP) is 2.51. The Morgan fingerprint density at radius 1 is 0.833 bits per heavy atom. The van der Waals surface area contributed by atoms with Crippen LogP contribution in [0, 0.1) is 13.8 Å². The van der Waals surface area contributed by atoms with Gasteiger partial charge in [0.1, 0.15) is 0 Å². The number of rotatable bonds is 6. The number of likely N-dealkylation sites (N-methyl/N-ethyl adjacent to an activating group) is 2. The maximum atomic E-state index is 2.32. The molecule has 0 N–H and O–H groups in total. The molecule has 0 aliphatic heterocycles. The van der Waals surface area contributed by atoms with Crippen molar-refractivity contribution in [2.24, 2.45) is 0 Å². The van der Waals surface area contributed by atoms with Crippen LogP contribution < -0.4 is 0 Å². The Morgan fingerprint density at radius 3 is 1.94 bits per heavy atom. The van der Waals surface area contributed by atoms with E-state index in [1.165, 1.54) is 16.7 Å². The van der Waals surface area contributed by atoms with Crippen LogP contribution in [0.2, 0.25) is 0 Å². The van der Waals surface area contributed by atoms with Crippen LogP contribution in [0.3, 0.4) is 0 Å². The van der Waals surface area contributed by atoms with Gasteiger partial charge in [0.05, 0.1) is 0 Å². The fourth-order valence-electron chi connectivity index (χ4n) is 2.19. The van der Waals surface area contributed by atoms with Gasteiger partial charge in [-0.1, -0.05) is 12.1 Å². The molecule has 0 spiro atoms. The third kappa shape index (κ3) is 4.43. The standard InChI is InChI=1S/C16H28N2/c1-13-7-8-15(9-11-17(3)4)16(14(13)2)10-12-18(5)6/h7-8H,9-12H2,1-6H3. The van der Waals surface area contributed by atoms with Crippen molar-refractivity contribution in [2.45, 2.75) is 26.7 Å². The Bertz CT molecular complexity index is 381. The van der Waals surface area contributed by atoms with Gasteiger partial charge in [-0.3, -0.25) is 0 Å². The molecule has 1 aromatic carbocycles. The zero-order valence-corrected chi connectivity index (χ0v) is 12.9. The minimum atomic E-state index is 1.12. The van der Waals surface area contributed by atoms with Gasteiger partial charge in [0.15, 0.2) is 0 Å². The molecule has 0 saturated carbocycles. The fourth-order valence-corrected chi connectivity index (χ4v) is 2.19. The van der Waals surface area contributed by atoms with E-state index in [-0.39, 0.29) is 0 Å². The highest BCUT2D eigenvalue weighted by Gasteiger charge is 2.08.